The van der Waals surface area contributed by atoms with E-state index in [0.29, 0.717) is 17.3 Å². The molecule has 2 fully saturated rings. The van der Waals surface area contributed by atoms with Gasteiger partial charge in [-0.15, -0.1) is 0 Å². The maximum atomic E-state index is 13.0. The van der Waals surface area contributed by atoms with Crippen LogP contribution in [0.15, 0.2) is 48.7 Å². The molecule has 6 heteroatoms. The molecular weight excluding hydrogens is 352 g/mol. The summed E-state index contributed by atoms with van der Waals surface area (Å²) in [6.45, 7) is 3.19. The number of hydrogen-bond acceptors (Lipinski definition) is 5. The number of amides is 1. The second-order valence-corrected chi connectivity index (χ2v) is 7.34. The van der Waals surface area contributed by atoms with Gasteiger partial charge in [-0.1, -0.05) is 18.2 Å². The molecule has 3 aromatic rings. The van der Waals surface area contributed by atoms with E-state index < -0.39 is 0 Å². The van der Waals surface area contributed by atoms with Crippen LogP contribution in [-0.4, -0.2) is 42.2 Å². The molecule has 0 spiro atoms. The molecule has 0 radical (unpaired) electrons. The Labute approximate surface area is 163 Å². The van der Waals surface area contributed by atoms with E-state index in [9.17, 15) is 4.79 Å². The molecule has 142 valence electrons. The number of fused-ring (bicyclic) bond motifs is 1. The predicted octanol–water partition coefficient (Wildman–Crippen LogP) is 3.60. The van der Waals surface area contributed by atoms with Crippen molar-refractivity contribution < 1.29 is 9.53 Å². The molecule has 2 aromatic heterocycles. The molecule has 5 rings (SSSR count). The van der Waals surface area contributed by atoms with Crippen molar-refractivity contribution in [3.8, 4) is 0 Å². The number of nitrogens with one attached hydrogen (secondary N) is 1. The molecule has 1 aliphatic carbocycles. The highest BCUT2D eigenvalue weighted by Gasteiger charge is 2.27. The second-order valence-electron chi connectivity index (χ2n) is 7.34. The van der Waals surface area contributed by atoms with E-state index in [0.717, 1.165) is 61.4 Å². The van der Waals surface area contributed by atoms with E-state index in [-0.39, 0.29) is 5.91 Å². The number of benzene rings is 1. The van der Waals surface area contributed by atoms with Crippen LogP contribution in [0.5, 0.6) is 0 Å². The van der Waals surface area contributed by atoms with Crippen molar-refractivity contribution in [2.45, 2.75) is 18.8 Å². The number of ether oxygens (including phenoxy) is 1. The van der Waals surface area contributed by atoms with Crippen LogP contribution in [0.1, 0.15) is 34.8 Å². The molecule has 2 aliphatic rings. The average Bonchev–Trinajstić information content (AvgIpc) is 3.59. The molecular formula is C22H22N4O2. The zero-order chi connectivity index (χ0) is 18.9. The topological polar surface area (TPSA) is 67.4 Å². The minimum absolute atomic E-state index is 0.146. The van der Waals surface area contributed by atoms with E-state index >= 15 is 0 Å². The lowest BCUT2D eigenvalue weighted by molar-refractivity contribution is 0.102. The summed E-state index contributed by atoms with van der Waals surface area (Å²) in [7, 11) is 0. The summed E-state index contributed by atoms with van der Waals surface area (Å²) in [4.78, 5) is 24.4. The molecule has 0 atom stereocenters. The highest BCUT2D eigenvalue weighted by molar-refractivity contribution is 6.12. The number of pyridine rings is 2. The molecule has 1 aromatic carbocycles. The van der Waals surface area contributed by atoms with Crippen molar-refractivity contribution in [2.24, 2.45) is 0 Å². The first kappa shape index (κ1) is 17.1. The van der Waals surface area contributed by atoms with Crippen LogP contribution in [0.3, 0.4) is 0 Å². The number of anilines is 2. The zero-order valence-electron chi connectivity index (χ0n) is 15.6. The third kappa shape index (κ3) is 3.43. The summed E-state index contributed by atoms with van der Waals surface area (Å²) in [5.74, 6) is 0.894. The first-order chi connectivity index (χ1) is 13.8. The SMILES string of the molecule is O=C(Nc1ccc(N2CCOCC2)cn1)c1cc(C2CC2)nc2ccccc12. The van der Waals surface area contributed by atoms with Crippen molar-refractivity contribution in [1.29, 1.82) is 0 Å². The Kier molecular flexibility index (Phi) is 4.41. The van der Waals surface area contributed by atoms with Gasteiger partial charge < -0.3 is 15.0 Å². The molecule has 28 heavy (non-hydrogen) atoms. The minimum Gasteiger partial charge on any atom is -0.378 e. The summed E-state index contributed by atoms with van der Waals surface area (Å²) >= 11 is 0. The third-order valence-corrected chi connectivity index (χ3v) is 5.34. The number of para-hydroxylation sites is 1. The van der Waals surface area contributed by atoms with Crippen LogP contribution in [0.25, 0.3) is 10.9 Å². The zero-order valence-corrected chi connectivity index (χ0v) is 15.6. The lowest BCUT2D eigenvalue weighted by atomic mass is 10.1. The first-order valence-corrected chi connectivity index (χ1v) is 9.78. The summed E-state index contributed by atoms with van der Waals surface area (Å²) in [6, 6.07) is 13.6. The molecule has 0 bridgehead atoms. The maximum Gasteiger partial charge on any atom is 0.257 e. The molecule has 3 heterocycles. The highest BCUT2D eigenvalue weighted by Crippen LogP contribution is 2.40. The van der Waals surface area contributed by atoms with Crippen molar-refractivity contribution in [1.82, 2.24) is 9.97 Å². The quantitative estimate of drug-likeness (QED) is 0.756. The summed E-state index contributed by atoms with van der Waals surface area (Å²) in [6.07, 6.45) is 4.11. The fourth-order valence-corrected chi connectivity index (χ4v) is 3.62. The highest BCUT2D eigenvalue weighted by atomic mass is 16.5. The average molecular weight is 374 g/mol. The lowest BCUT2D eigenvalue weighted by Gasteiger charge is -2.28. The molecule has 6 nitrogen and oxygen atoms in total. The van der Waals surface area contributed by atoms with Gasteiger partial charge in [0.05, 0.1) is 36.2 Å². The van der Waals surface area contributed by atoms with Gasteiger partial charge in [0.1, 0.15) is 5.82 Å². The Bertz CT molecular complexity index is 1010. The van der Waals surface area contributed by atoms with Gasteiger partial charge in [0, 0.05) is 30.1 Å². The van der Waals surface area contributed by atoms with Gasteiger partial charge in [-0.3, -0.25) is 9.78 Å². The monoisotopic (exact) mass is 374 g/mol. The second kappa shape index (κ2) is 7.20. The van der Waals surface area contributed by atoms with E-state index in [1.807, 2.05) is 42.5 Å². The van der Waals surface area contributed by atoms with E-state index in [1.165, 1.54) is 0 Å². The normalized spacial score (nSPS) is 16.9. The van der Waals surface area contributed by atoms with Crippen LogP contribution < -0.4 is 10.2 Å². The fraction of sp³-hybridized carbons (Fsp3) is 0.318. The number of hydrogen-bond donors (Lipinski definition) is 1. The fourth-order valence-electron chi connectivity index (χ4n) is 3.62. The lowest BCUT2D eigenvalue weighted by Crippen LogP contribution is -2.36. The van der Waals surface area contributed by atoms with Crippen LogP contribution in [-0.2, 0) is 4.74 Å². The Morgan fingerprint density at radius 2 is 1.93 bits per heavy atom. The number of rotatable bonds is 4. The van der Waals surface area contributed by atoms with Gasteiger partial charge >= 0.3 is 0 Å². The van der Waals surface area contributed by atoms with Crippen LogP contribution in [0.4, 0.5) is 11.5 Å². The molecule has 0 unspecified atom stereocenters. The molecule has 1 saturated heterocycles. The number of carbonyl (C=O) groups excluding carboxylic acids is 1. The van der Waals surface area contributed by atoms with Gasteiger partial charge in [0.15, 0.2) is 0 Å². The smallest absolute Gasteiger partial charge is 0.257 e. The number of carbonyl (C=O) groups is 1. The Morgan fingerprint density at radius 3 is 2.68 bits per heavy atom. The standard InChI is InChI=1S/C22H22N4O2/c27-22(25-21-8-7-16(14-23-21)26-9-11-28-12-10-26)18-13-20(15-5-6-15)24-19-4-2-1-3-17(18)19/h1-4,7-8,13-15H,5-6,9-12H2,(H,23,25,27). The van der Waals surface area contributed by atoms with Crippen molar-refractivity contribution in [3.05, 3.63) is 59.9 Å². The van der Waals surface area contributed by atoms with E-state index in [2.05, 4.69) is 15.2 Å². The Balaban J connectivity index is 1.39. The van der Waals surface area contributed by atoms with E-state index in [1.54, 1.807) is 6.20 Å². The van der Waals surface area contributed by atoms with Crippen molar-refractivity contribution >= 4 is 28.3 Å². The number of aromatic nitrogens is 2. The maximum absolute atomic E-state index is 13.0. The first-order valence-electron chi connectivity index (χ1n) is 9.78. The number of morpholine rings is 1. The van der Waals surface area contributed by atoms with Gasteiger partial charge in [-0.05, 0) is 37.1 Å². The number of nitrogens with zero attached hydrogens (tertiary/aromatic N) is 3. The van der Waals surface area contributed by atoms with Crippen LogP contribution >= 0.6 is 0 Å². The molecule has 1 aliphatic heterocycles. The van der Waals surface area contributed by atoms with Gasteiger partial charge in [0.2, 0.25) is 0 Å². The van der Waals surface area contributed by atoms with Gasteiger partial charge in [-0.2, -0.15) is 0 Å². The largest absolute Gasteiger partial charge is 0.378 e. The molecule has 1 saturated carbocycles. The van der Waals surface area contributed by atoms with Gasteiger partial charge in [-0.25, -0.2) is 4.98 Å². The van der Waals surface area contributed by atoms with Crippen molar-refractivity contribution in [3.63, 3.8) is 0 Å². The van der Waals surface area contributed by atoms with E-state index in [4.69, 9.17) is 9.72 Å². The Morgan fingerprint density at radius 1 is 1.11 bits per heavy atom. The van der Waals surface area contributed by atoms with Crippen LogP contribution in [0.2, 0.25) is 0 Å². The van der Waals surface area contributed by atoms with Crippen LogP contribution in [0, 0.1) is 0 Å². The Hall–Kier alpha value is -2.99. The summed E-state index contributed by atoms with van der Waals surface area (Å²) in [5.41, 5.74) is 3.59. The van der Waals surface area contributed by atoms with Gasteiger partial charge in [0.25, 0.3) is 5.91 Å². The summed E-state index contributed by atoms with van der Waals surface area (Å²) < 4.78 is 5.39. The minimum atomic E-state index is -0.146. The van der Waals surface area contributed by atoms with Crippen molar-refractivity contribution in [2.75, 3.05) is 36.5 Å². The molecule has 1 N–H and O–H groups in total. The molecule has 1 amide bonds. The third-order valence-electron chi connectivity index (χ3n) is 5.34. The predicted molar refractivity (Wildman–Crippen MR) is 109 cm³/mol. The summed E-state index contributed by atoms with van der Waals surface area (Å²) in [5, 5.41) is 3.82.